The van der Waals surface area contributed by atoms with Crippen molar-refractivity contribution in [1.29, 1.82) is 0 Å². The van der Waals surface area contributed by atoms with Crippen molar-refractivity contribution in [2.24, 2.45) is 5.92 Å². The fraction of sp³-hybridized carbons (Fsp3) is 0.412. The topological polar surface area (TPSA) is 58.4 Å². The lowest BCUT2D eigenvalue weighted by Crippen LogP contribution is -2.39. The Morgan fingerprint density at radius 1 is 1.32 bits per heavy atom. The van der Waals surface area contributed by atoms with Gasteiger partial charge in [-0.1, -0.05) is 0 Å². The molecule has 25 heavy (non-hydrogen) atoms. The molecule has 1 N–H and O–H groups in total. The summed E-state index contributed by atoms with van der Waals surface area (Å²) in [6.45, 7) is 1.45. The average Bonchev–Trinajstić information content (AvgIpc) is 3.14. The zero-order valence-corrected chi connectivity index (χ0v) is 13.4. The largest absolute Gasteiger partial charge is 0.472 e. The minimum atomic E-state index is -4.42. The number of carbonyl (C=O) groups is 1. The van der Waals surface area contributed by atoms with Crippen LogP contribution in [0.1, 0.15) is 28.8 Å². The Morgan fingerprint density at radius 3 is 2.72 bits per heavy atom. The van der Waals surface area contributed by atoms with Gasteiger partial charge in [-0.2, -0.15) is 13.2 Å². The number of halogens is 3. The normalized spacial score (nSPS) is 16.0. The molecule has 0 radical (unpaired) electrons. The van der Waals surface area contributed by atoms with Gasteiger partial charge in [0.05, 0.1) is 17.4 Å². The van der Waals surface area contributed by atoms with E-state index in [2.05, 4.69) is 10.3 Å². The number of piperidine rings is 1. The van der Waals surface area contributed by atoms with Gasteiger partial charge in [0.25, 0.3) is 5.91 Å². The summed E-state index contributed by atoms with van der Waals surface area (Å²) in [5, 5.41) is 2.83. The molecule has 3 heterocycles. The zero-order valence-electron chi connectivity index (χ0n) is 13.4. The van der Waals surface area contributed by atoms with E-state index >= 15 is 0 Å². The highest BCUT2D eigenvalue weighted by Gasteiger charge is 2.36. The Morgan fingerprint density at radius 2 is 2.08 bits per heavy atom. The quantitative estimate of drug-likeness (QED) is 0.916. The third kappa shape index (κ3) is 4.12. The van der Waals surface area contributed by atoms with E-state index in [4.69, 9.17) is 4.42 Å². The van der Waals surface area contributed by atoms with E-state index in [0.29, 0.717) is 38.0 Å². The molecule has 1 fully saturated rings. The van der Waals surface area contributed by atoms with Crippen molar-refractivity contribution in [3.05, 3.63) is 48.0 Å². The van der Waals surface area contributed by atoms with E-state index in [-0.39, 0.29) is 17.6 Å². The van der Waals surface area contributed by atoms with E-state index in [1.165, 1.54) is 24.8 Å². The molecule has 0 aliphatic carbocycles. The molecule has 0 unspecified atom stereocenters. The van der Waals surface area contributed by atoms with E-state index in [9.17, 15) is 18.0 Å². The van der Waals surface area contributed by atoms with Gasteiger partial charge in [0.2, 0.25) is 0 Å². The summed E-state index contributed by atoms with van der Waals surface area (Å²) < 4.78 is 44.2. The van der Waals surface area contributed by atoms with Crippen molar-refractivity contribution in [1.82, 2.24) is 10.3 Å². The first-order valence-corrected chi connectivity index (χ1v) is 8.02. The van der Waals surface area contributed by atoms with Crippen molar-refractivity contribution in [3.63, 3.8) is 0 Å². The predicted octanol–water partition coefficient (Wildman–Crippen LogP) is 3.34. The molecular formula is C17H18F3N3O2. The molecule has 1 saturated heterocycles. The SMILES string of the molecule is O=C(NCC1CCN(c2ncccc2C(F)(F)F)CC1)c1ccoc1. The van der Waals surface area contributed by atoms with Gasteiger partial charge in [0.1, 0.15) is 12.1 Å². The van der Waals surface area contributed by atoms with Crippen LogP contribution in [0.3, 0.4) is 0 Å². The number of anilines is 1. The monoisotopic (exact) mass is 353 g/mol. The van der Waals surface area contributed by atoms with Crippen LogP contribution in [-0.2, 0) is 6.18 Å². The highest BCUT2D eigenvalue weighted by molar-refractivity contribution is 5.93. The van der Waals surface area contributed by atoms with Crippen LogP contribution in [0.5, 0.6) is 0 Å². The van der Waals surface area contributed by atoms with Crippen LogP contribution < -0.4 is 10.2 Å². The lowest BCUT2D eigenvalue weighted by molar-refractivity contribution is -0.137. The lowest BCUT2D eigenvalue weighted by atomic mass is 9.96. The number of nitrogens with zero attached hydrogens (tertiary/aromatic N) is 2. The number of rotatable bonds is 4. The van der Waals surface area contributed by atoms with E-state index in [0.717, 1.165) is 6.07 Å². The van der Waals surface area contributed by atoms with Crippen molar-refractivity contribution in [2.45, 2.75) is 19.0 Å². The first kappa shape index (κ1) is 17.3. The maximum atomic E-state index is 13.1. The third-order valence-corrected chi connectivity index (χ3v) is 4.34. The fourth-order valence-corrected chi connectivity index (χ4v) is 2.95. The second-order valence-corrected chi connectivity index (χ2v) is 6.02. The highest BCUT2D eigenvalue weighted by atomic mass is 19.4. The Balaban J connectivity index is 1.55. The Kier molecular flexibility index (Phi) is 4.96. The number of aromatic nitrogens is 1. The zero-order chi connectivity index (χ0) is 17.9. The molecule has 0 bridgehead atoms. The van der Waals surface area contributed by atoms with Crippen LogP contribution in [0.4, 0.5) is 19.0 Å². The van der Waals surface area contributed by atoms with Crippen LogP contribution in [-0.4, -0.2) is 30.5 Å². The molecule has 1 aliphatic rings. The summed E-state index contributed by atoms with van der Waals surface area (Å²) in [6, 6.07) is 3.93. The number of hydrogen-bond donors (Lipinski definition) is 1. The molecular weight excluding hydrogens is 335 g/mol. The Hall–Kier alpha value is -2.51. The van der Waals surface area contributed by atoms with Crippen LogP contribution in [0.2, 0.25) is 0 Å². The van der Waals surface area contributed by atoms with E-state index in [1.54, 1.807) is 11.0 Å². The number of furan rings is 1. The number of pyridine rings is 1. The van der Waals surface area contributed by atoms with Crippen molar-refractivity contribution in [3.8, 4) is 0 Å². The molecule has 1 amide bonds. The second-order valence-electron chi connectivity index (χ2n) is 6.02. The smallest absolute Gasteiger partial charge is 0.419 e. The molecule has 2 aromatic heterocycles. The fourth-order valence-electron chi connectivity index (χ4n) is 2.95. The molecule has 3 rings (SSSR count). The molecule has 0 saturated carbocycles. The second kappa shape index (κ2) is 7.16. The first-order valence-electron chi connectivity index (χ1n) is 8.02. The summed E-state index contributed by atoms with van der Waals surface area (Å²) in [5.41, 5.74) is -0.248. The number of nitrogens with one attached hydrogen (secondary N) is 1. The summed E-state index contributed by atoms with van der Waals surface area (Å²) in [4.78, 5) is 17.5. The van der Waals surface area contributed by atoms with Crippen LogP contribution >= 0.6 is 0 Å². The van der Waals surface area contributed by atoms with Gasteiger partial charge in [-0.3, -0.25) is 4.79 Å². The van der Waals surface area contributed by atoms with Gasteiger partial charge in [-0.25, -0.2) is 4.98 Å². The van der Waals surface area contributed by atoms with Crippen molar-refractivity contribution in [2.75, 3.05) is 24.5 Å². The minimum Gasteiger partial charge on any atom is -0.472 e. The first-order chi connectivity index (χ1) is 11.9. The van der Waals surface area contributed by atoms with Gasteiger partial charge in [0.15, 0.2) is 0 Å². The molecule has 8 heteroatoms. The molecule has 0 aromatic carbocycles. The number of alkyl halides is 3. The van der Waals surface area contributed by atoms with E-state index in [1.807, 2.05) is 0 Å². The molecule has 0 spiro atoms. The number of amides is 1. The van der Waals surface area contributed by atoms with Crippen LogP contribution in [0, 0.1) is 5.92 Å². The summed E-state index contributed by atoms with van der Waals surface area (Å²) in [5.74, 6) is 0.00120. The van der Waals surface area contributed by atoms with Gasteiger partial charge in [-0.15, -0.1) is 0 Å². The minimum absolute atomic E-state index is 0.0177. The van der Waals surface area contributed by atoms with Crippen LogP contribution in [0.15, 0.2) is 41.3 Å². The summed E-state index contributed by atoms with van der Waals surface area (Å²) in [6.07, 6.45) is 1.15. The third-order valence-electron chi connectivity index (χ3n) is 4.34. The van der Waals surface area contributed by atoms with Crippen molar-refractivity contribution < 1.29 is 22.4 Å². The van der Waals surface area contributed by atoms with Crippen LogP contribution in [0.25, 0.3) is 0 Å². The maximum Gasteiger partial charge on any atom is 0.419 e. The van der Waals surface area contributed by atoms with Gasteiger partial charge < -0.3 is 14.6 Å². The Bertz CT molecular complexity index is 708. The summed E-state index contributed by atoms with van der Waals surface area (Å²) in [7, 11) is 0. The molecule has 1 aliphatic heterocycles. The van der Waals surface area contributed by atoms with Crippen molar-refractivity contribution >= 4 is 11.7 Å². The lowest BCUT2D eigenvalue weighted by Gasteiger charge is -2.34. The van der Waals surface area contributed by atoms with E-state index < -0.39 is 11.7 Å². The van der Waals surface area contributed by atoms with Gasteiger partial charge in [-0.05, 0) is 37.0 Å². The maximum absolute atomic E-state index is 13.1. The highest BCUT2D eigenvalue weighted by Crippen LogP contribution is 2.36. The molecule has 5 nitrogen and oxygen atoms in total. The summed E-state index contributed by atoms with van der Waals surface area (Å²) >= 11 is 0. The average molecular weight is 353 g/mol. The predicted molar refractivity (Wildman–Crippen MR) is 85.2 cm³/mol. The number of carbonyl (C=O) groups excluding carboxylic acids is 1. The standard InChI is InChI=1S/C17H18F3N3O2/c18-17(19,20)14-2-1-6-21-15(14)23-7-3-12(4-8-23)10-22-16(24)13-5-9-25-11-13/h1-2,5-6,9,11-12H,3-4,7-8,10H2,(H,22,24). The molecule has 0 atom stereocenters. The van der Waals surface area contributed by atoms with Gasteiger partial charge in [0, 0.05) is 25.8 Å². The number of hydrogen-bond acceptors (Lipinski definition) is 4. The molecule has 134 valence electrons. The van der Waals surface area contributed by atoms with Gasteiger partial charge >= 0.3 is 6.18 Å². The molecule has 2 aromatic rings. The Labute approximate surface area is 142 Å².